The van der Waals surface area contributed by atoms with Crippen molar-refractivity contribution in [1.29, 1.82) is 0 Å². The number of methoxy groups -OCH3 is 1. The molecule has 3 heteroatoms. The highest BCUT2D eigenvalue weighted by atomic mass is 16.5. The van der Waals surface area contributed by atoms with E-state index in [1.165, 1.54) is 12.8 Å². The fourth-order valence-corrected chi connectivity index (χ4v) is 1.24. The summed E-state index contributed by atoms with van der Waals surface area (Å²) in [6.07, 6.45) is 2.52. The van der Waals surface area contributed by atoms with Crippen LogP contribution in [0.15, 0.2) is 0 Å². The zero-order valence-electron chi connectivity index (χ0n) is 9.23. The maximum atomic E-state index is 4.93. The number of nitrogens with one attached hydrogen (secondary N) is 2. The second-order valence-corrected chi connectivity index (χ2v) is 3.39. The van der Waals surface area contributed by atoms with Gasteiger partial charge in [-0.05, 0) is 13.3 Å². The van der Waals surface area contributed by atoms with Gasteiger partial charge in [0.25, 0.3) is 0 Å². The maximum Gasteiger partial charge on any atom is 0.0587 e. The smallest absolute Gasteiger partial charge is 0.0587 e. The first-order chi connectivity index (χ1) is 6.31. The first kappa shape index (κ1) is 12.9. The molecule has 0 heterocycles. The highest BCUT2D eigenvalue weighted by molar-refractivity contribution is 4.60. The SMILES string of the molecule is CCCC(C)NCCNCCOC. The molecule has 0 bridgehead atoms. The number of rotatable bonds is 9. The molecule has 0 aliphatic rings. The van der Waals surface area contributed by atoms with E-state index in [-0.39, 0.29) is 0 Å². The van der Waals surface area contributed by atoms with Gasteiger partial charge in [-0.3, -0.25) is 0 Å². The third-order valence-corrected chi connectivity index (χ3v) is 2.00. The second-order valence-electron chi connectivity index (χ2n) is 3.39. The Bertz CT molecular complexity index is 98.9. The third kappa shape index (κ3) is 9.80. The molecule has 0 rings (SSSR count). The predicted molar refractivity (Wildman–Crippen MR) is 57.1 cm³/mol. The van der Waals surface area contributed by atoms with Crippen molar-refractivity contribution < 1.29 is 4.74 Å². The van der Waals surface area contributed by atoms with Crippen LogP contribution in [-0.2, 0) is 4.74 Å². The summed E-state index contributed by atoms with van der Waals surface area (Å²) in [6, 6.07) is 0.647. The summed E-state index contributed by atoms with van der Waals surface area (Å²) in [4.78, 5) is 0. The van der Waals surface area contributed by atoms with Gasteiger partial charge in [-0.25, -0.2) is 0 Å². The quantitative estimate of drug-likeness (QED) is 0.530. The molecule has 0 aromatic carbocycles. The van der Waals surface area contributed by atoms with Crippen LogP contribution in [0.25, 0.3) is 0 Å². The van der Waals surface area contributed by atoms with E-state index in [0.29, 0.717) is 6.04 Å². The monoisotopic (exact) mass is 188 g/mol. The van der Waals surface area contributed by atoms with Gasteiger partial charge >= 0.3 is 0 Å². The molecule has 0 radical (unpaired) electrons. The van der Waals surface area contributed by atoms with Crippen molar-refractivity contribution in [3.8, 4) is 0 Å². The molecule has 0 aromatic rings. The van der Waals surface area contributed by atoms with E-state index in [1.54, 1.807) is 7.11 Å². The molecule has 80 valence electrons. The molecule has 2 N–H and O–H groups in total. The van der Waals surface area contributed by atoms with E-state index in [9.17, 15) is 0 Å². The summed E-state index contributed by atoms with van der Waals surface area (Å²) in [5.41, 5.74) is 0. The van der Waals surface area contributed by atoms with E-state index >= 15 is 0 Å². The Morgan fingerprint density at radius 1 is 1.23 bits per heavy atom. The zero-order valence-corrected chi connectivity index (χ0v) is 9.23. The van der Waals surface area contributed by atoms with Crippen LogP contribution in [0.1, 0.15) is 26.7 Å². The number of ether oxygens (including phenoxy) is 1. The average Bonchev–Trinajstić information content (AvgIpc) is 2.11. The minimum Gasteiger partial charge on any atom is -0.383 e. The van der Waals surface area contributed by atoms with E-state index in [0.717, 1.165) is 26.2 Å². The lowest BCUT2D eigenvalue weighted by Gasteiger charge is -2.12. The van der Waals surface area contributed by atoms with Crippen LogP contribution >= 0.6 is 0 Å². The Balaban J connectivity index is 2.97. The average molecular weight is 188 g/mol. The summed E-state index contributed by atoms with van der Waals surface area (Å²) in [5.74, 6) is 0. The standard InChI is InChI=1S/C10H24N2O/c1-4-5-10(2)12-7-6-11-8-9-13-3/h10-12H,4-9H2,1-3H3. The Morgan fingerprint density at radius 3 is 2.62 bits per heavy atom. The lowest BCUT2D eigenvalue weighted by Crippen LogP contribution is -2.34. The summed E-state index contributed by atoms with van der Waals surface area (Å²) in [7, 11) is 1.73. The Morgan fingerprint density at radius 2 is 2.00 bits per heavy atom. The Hall–Kier alpha value is -0.120. The molecule has 13 heavy (non-hydrogen) atoms. The topological polar surface area (TPSA) is 33.3 Å². The summed E-state index contributed by atoms with van der Waals surface area (Å²) in [5, 5.41) is 6.75. The van der Waals surface area contributed by atoms with E-state index < -0.39 is 0 Å². The molecule has 0 saturated carbocycles. The van der Waals surface area contributed by atoms with Crippen LogP contribution in [0.4, 0.5) is 0 Å². The summed E-state index contributed by atoms with van der Waals surface area (Å²) in [6.45, 7) is 8.26. The van der Waals surface area contributed by atoms with Crippen molar-refractivity contribution in [3.63, 3.8) is 0 Å². The Kier molecular flexibility index (Phi) is 9.87. The van der Waals surface area contributed by atoms with Crippen molar-refractivity contribution in [2.24, 2.45) is 0 Å². The molecular formula is C10H24N2O. The fourth-order valence-electron chi connectivity index (χ4n) is 1.24. The summed E-state index contributed by atoms with van der Waals surface area (Å²) >= 11 is 0. The van der Waals surface area contributed by atoms with Crippen LogP contribution in [0, 0.1) is 0 Å². The first-order valence-corrected chi connectivity index (χ1v) is 5.24. The lowest BCUT2D eigenvalue weighted by molar-refractivity contribution is 0.199. The highest BCUT2D eigenvalue weighted by Crippen LogP contribution is 1.92. The fraction of sp³-hybridized carbons (Fsp3) is 1.00. The minimum absolute atomic E-state index is 0.647. The van der Waals surface area contributed by atoms with Crippen molar-refractivity contribution in [2.75, 3.05) is 33.4 Å². The van der Waals surface area contributed by atoms with Crippen molar-refractivity contribution in [1.82, 2.24) is 10.6 Å². The molecule has 0 aromatic heterocycles. The van der Waals surface area contributed by atoms with Crippen LogP contribution in [0.3, 0.4) is 0 Å². The molecule has 1 atom stereocenters. The van der Waals surface area contributed by atoms with Crippen molar-refractivity contribution in [2.45, 2.75) is 32.7 Å². The zero-order chi connectivity index (χ0) is 9.94. The maximum absolute atomic E-state index is 4.93. The molecule has 0 saturated heterocycles. The van der Waals surface area contributed by atoms with Crippen LogP contribution in [0.2, 0.25) is 0 Å². The van der Waals surface area contributed by atoms with Gasteiger partial charge in [-0.2, -0.15) is 0 Å². The molecule has 0 amide bonds. The number of hydrogen-bond donors (Lipinski definition) is 2. The van der Waals surface area contributed by atoms with Crippen molar-refractivity contribution in [3.05, 3.63) is 0 Å². The van der Waals surface area contributed by atoms with Gasteiger partial charge in [0.1, 0.15) is 0 Å². The summed E-state index contributed by atoms with van der Waals surface area (Å²) < 4.78 is 4.93. The lowest BCUT2D eigenvalue weighted by atomic mass is 10.2. The molecule has 0 fully saturated rings. The molecule has 1 unspecified atom stereocenters. The van der Waals surface area contributed by atoms with Gasteiger partial charge in [0.05, 0.1) is 6.61 Å². The van der Waals surface area contributed by atoms with Gasteiger partial charge in [-0.15, -0.1) is 0 Å². The van der Waals surface area contributed by atoms with E-state index in [2.05, 4.69) is 24.5 Å². The first-order valence-electron chi connectivity index (χ1n) is 5.24. The van der Waals surface area contributed by atoms with Gasteiger partial charge in [0.15, 0.2) is 0 Å². The predicted octanol–water partition coefficient (Wildman–Crippen LogP) is 1.00. The normalized spacial score (nSPS) is 13.2. The largest absolute Gasteiger partial charge is 0.383 e. The second kappa shape index (κ2) is 9.96. The molecule has 0 aliphatic heterocycles. The highest BCUT2D eigenvalue weighted by Gasteiger charge is 1.97. The Labute approximate surface area is 82.2 Å². The van der Waals surface area contributed by atoms with Crippen LogP contribution < -0.4 is 10.6 Å². The van der Waals surface area contributed by atoms with Gasteiger partial charge < -0.3 is 15.4 Å². The van der Waals surface area contributed by atoms with E-state index in [1.807, 2.05) is 0 Å². The van der Waals surface area contributed by atoms with Gasteiger partial charge in [0, 0.05) is 32.8 Å². The van der Waals surface area contributed by atoms with Crippen molar-refractivity contribution >= 4 is 0 Å². The van der Waals surface area contributed by atoms with Crippen LogP contribution in [0.5, 0.6) is 0 Å². The molecule has 0 aliphatic carbocycles. The van der Waals surface area contributed by atoms with E-state index in [4.69, 9.17) is 4.74 Å². The van der Waals surface area contributed by atoms with Gasteiger partial charge in [0.2, 0.25) is 0 Å². The number of hydrogen-bond acceptors (Lipinski definition) is 3. The molecular weight excluding hydrogens is 164 g/mol. The molecule has 3 nitrogen and oxygen atoms in total. The third-order valence-electron chi connectivity index (χ3n) is 2.00. The van der Waals surface area contributed by atoms with Crippen LogP contribution in [-0.4, -0.2) is 39.4 Å². The van der Waals surface area contributed by atoms with Gasteiger partial charge in [-0.1, -0.05) is 13.3 Å². The molecule has 0 spiro atoms. The minimum atomic E-state index is 0.647.